The van der Waals surface area contributed by atoms with Crippen LogP contribution in [0.25, 0.3) is 22.3 Å². The maximum absolute atomic E-state index is 13.9. The summed E-state index contributed by atoms with van der Waals surface area (Å²) in [5, 5.41) is 3.68. The summed E-state index contributed by atoms with van der Waals surface area (Å²) in [6.07, 6.45) is 3.29. The number of rotatable bonds is 5. The third-order valence-corrected chi connectivity index (χ3v) is 5.61. The van der Waals surface area contributed by atoms with Crippen molar-refractivity contribution in [3.63, 3.8) is 0 Å². The van der Waals surface area contributed by atoms with E-state index in [9.17, 15) is 14.0 Å². The van der Waals surface area contributed by atoms with Crippen molar-refractivity contribution in [3.8, 4) is 11.3 Å². The summed E-state index contributed by atoms with van der Waals surface area (Å²) in [4.78, 5) is 34.0. The predicted octanol–water partition coefficient (Wildman–Crippen LogP) is 6.13. The lowest BCUT2D eigenvalue weighted by molar-refractivity contribution is 0.00628. The van der Waals surface area contributed by atoms with Crippen molar-refractivity contribution < 1.29 is 18.3 Å². The first-order chi connectivity index (χ1) is 16.9. The lowest BCUT2D eigenvalue weighted by Crippen LogP contribution is -2.25. The Bertz CT molecular complexity index is 1510. The van der Waals surface area contributed by atoms with E-state index in [4.69, 9.17) is 9.15 Å². The van der Waals surface area contributed by atoms with Crippen LogP contribution in [0.3, 0.4) is 0 Å². The molecule has 8 heteroatoms. The van der Waals surface area contributed by atoms with Gasteiger partial charge >= 0.3 is 5.97 Å². The minimum Gasteiger partial charge on any atom is -0.455 e. The van der Waals surface area contributed by atoms with Gasteiger partial charge in [0.1, 0.15) is 16.9 Å². The standard InChI is InChI=1S/C28H28FN3O4/c1-15-12-19(17(3)31-21-9-10-22(29)32-23(21)27(34)36-28(4,5)6)26-20(13-15)24(33)16(2)25(35-26)18-8-7-11-30-14-18/h7-14,17,31H,1-6H3/t17-/m1/s1. The van der Waals surface area contributed by atoms with Gasteiger partial charge < -0.3 is 14.5 Å². The lowest BCUT2D eigenvalue weighted by atomic mass is 9.99. The van der Waals surface area contributed by atoms with E-state index in [1.807, 2.05) is 26.0 Å². The number of aromatic nitrogens is 2. The zero-order valence-corrected chi connectivity index (χ0v) is 21.1. The minimum absolute atomic E-state index is 0.134. The summed E-state index contributed by atoms with van der Waals surface area (Å²) in [6.45, 7) is 10.7. The molecule has 0 amide bonds. The molecule has 1 N–H and O–H groups in total. The summed E-state index contributed by atoms with van der Waals surface area (Å²) < 4.78 is 25.7. The molecule has 0 saturated heterocycles. The molecule has 1 atom stereocenters. The van der Waals surface area contributed by atoms with Gasteiger partial charge in [0.05, 0.1) is 17.1 Å². The molecule has 0 spiro atoms. The maximum atomic E-state index is 13.9. The van der Waals surface area contributed by atoms with Gasteiger partial charge in [0.25, 0.3) is 0 Å². The zero-order valence-electron chi connectivity index (χ0n) is 21.1. The molecule has 3 aromatic heterocycles. The monoisotopic (exact) mass is 489 g/mol. The van der Waals surface area contributed by atoms with Crippen LogP contribution in [0.1, 0.15) is 60.9 Å². The Morgan fingerprint density at radius 2 is 1.92 bits per heavy atom. The maximum Gasteiger partial charge on any atom is 0.359 e. The molecule has 0 bridgehead atoms. The second-order valence-electron chi connectivity index (χ2n) is 9.76. The van der Waals surface area contributed by atoms with E-state index in [2.05, 4.69) is 15.3 Å². The van der Waals surface area contributed by atoms with Crippen molar-refractivity contribution >= 4 is 22.6 Å². The van der Waals surface area contributed by atoms with Crippen LogP contribution in [0.5, 0.6) is 0 Å². The summed E-state index contributed by atoms with van der Waals surface area (Å²) >= 11 is 0. The van der Waals surface area contributed by atoms with Gasteiger partial charge in [0, 0.05) is 29.1 Å². The van der Waals surface area contributed by atoms with Gasteiger partial charge in [-0.2, -0.15) is 4.39 Å². The molecule has 7 nitrogen and oxygen atoms in total. The van der Waals surface area contributed by atoms with E-state index < -0.39 is 23.6 Å². The Hall–Kier alpha value is -4.07. The van der Waals surface area contributed by atoms with Crippen molar-refractivity contribution in [2.45, 2.75) is 53.2 Å². The van der Waals surface area contributed by atoms with Crippen LogP contribution < -0.4 is 10.7 Å². The molecule has 0 aliphatic heterocycles. The van der Waals surface area contributed by atoms with Crippen molar-refractivity contribution in [1.29, 1.82) is 0 Å². The van der Waals surface area contributed by atoms with Gasteiger partial charge in [0.15, 0.2) is 11.1 Å². The van der Waals surface area contributed by atoms with E-state index in [-0.39, 0.29) is 11.1 Å². The number of fused-ring (bicyclic) bond motifs is 1. The molecule has 0 saturated carbocycles. The van der Waals surface area contributed by atoms with Gasteiger partial charge in [-0.3, -0.25) is 9.78 Å². The molecule has 0 aliphatic carbocycles. The highest BCUT2D eigenvalue weighted by atomic mass is 19.1. The van der Waals surface area contributed by atoms with Crippen molar-refractivity contribution in [2.75, 3.05) is 5.32 Å². The number of carbonyl (C=O) groups is 1. The highest BCUT2D eigenvalue weighted by molar-refractivity contribution is 5.94. The van der Waals surface area contributed by atoms with Crippen molar-refractivity contribution in [1.82, 2.24) is 9.97 Å². The number of esters is 1. The Morgan fingerprint density at radius 3 is 2.58 bits per heavy atom. The van der Waals surface area contributed by atoms with Crippen molar-refractivity contribution in [2.24, 2.45) is 0 Å². The molecule has 1 aromatic carbocycles. The summed E-state index contributed by atoms with van der Waals surface area (Å²) in [5.41, 5.74) is 2.40. The number of nitrogens with zero attached hydrogens (tertiary/aromatic N) is 2. The van der Waals surface area contributed by atoms with Gasteiger partial charge in [0.2, 0.25) is 5.95 Å². The average Bonchev–Trinajstić information content (AvgIpc) is 2.81. The summed E-state index contributed by atoms with van der Waals surface area (Å²) in [7, 11) is 0. The van der Waals surface area contributed by atoms with Crippen LogP contribution in [0.4, 0.5) is 10.1 Å². The average molecular weight is 490 g/mol. The number of anilines is 1. The molecular weight excluding hydrogens is 461 g/mol. The first kappa shape index (κ1) is 25.0. The molecule has 0 unspecified atom stereocenters. The van der Waals surface area contributed by atoms with E-state index in [1.54, 1.807) is 52.2 Å². The van der Waals surface area contributed by atoms with Crippen LogP contribution >= 0.6 is 0 Å². The molecule has 0 fully saturated rings. The molecule has 4 rings (SSSR count). The third-order valence-electron chi connectivity index (χ3n) is 5.61. The number of pyridine rings is 2. The number of ether oxygens (including phenoxy) is 1. The zero-order chi connectivity index (χ0) is 26.2. The van der Waals surface area contributed by atoms with Gasteiger partial charge in [-0.1, -0.05) is 6.07 Å². The molecule has 186 valence electrons. The molecule has 0 radical (unpaired) electrons. The normalized spacial score (nSPS) is 12.4. The van der Waals surface area contributed by atoms with Crippen LogP contribution in [0.15, 0.2) is 58.0 Å². The van der Waals surface area contributed by atoms with E-state index in [0.29, 0.717) is 39.1 Å². The molecular formula is C28H28FN3O4. The first-order valence-electron chi connectivity index (χ1n) is 11.6. The van der Waals surface area contributed by atoms with Crippen LogP contribution in [-0.4, -0.2) is 21.5 Å². The highest BCUT2D eigenvalue weighted by Crippen LogP contribution is 2.32. The largest absolute Gasteiger partial charge is 0.455 e. The topological polar surface area (TPSA) is 94.3 Å². The number of aryl methyl sites for hydroxylation is 1. The van der Waals surface area contributed by atoms with Gasteiger partial charge in [-0.25, -0.2) is 9.78 Å². The lowest BCUT2D eigenvalue weighted by Gasteiger charge is -2.22. The number of nitrogens with one attached hydrogen (secondary N) is 1. The van der Waals surface area contributed by atoms with Gasteiger partial charge in [-0.15, -0.1) is 0 Å². The Morgan fingerprint density at radius 1 is 1.17 bits per heavy atom. The molecule has 0 aliphatic rings. The quantitative estimate of drug-likeness (QED) is 0.266. The number of hydrogen-bond acceptors (Lipinski definition) is 7. The summed E-state index contributed by atoms with van der Waals surface area (Å²) in [6, 6.07) is 9.49. The number of benzene rings is 1. The fourth-order valence-corrected chi connectivity index (χ4v) is 4.01. The number of carbonyl (C=O) groups excluding carboxylic acids is 1. The smallest absolute Gasteiger partial charge is 0.359 e. The Kier molecular flexibility index (Phi) is 6.63. The van der Waals surface area contributed by atoms with Crippen LogP contribution in [-0.2, 0) is 4.74 Å². The Labute approximate surface area is 208 Å². The molecule has 3 heterocycles. The van der Waals surface area contributed by atoms with Crippen LogP contribution in [0.2, 0.25) is 0 Å². The molecule has 4 aromatic rings. The molecule has 36 heavy (non-hydrogen) atoms. The first-order valence-corrected chi connectivity index (χ1v) is 11.6. The van der Waals surface area contributed by atoms with E-state index in [1.165, 1.54) is 12.1 Å². The summed E-state index contributed by atoms with van der Waals surface area (Å²) in [5.74, 6) is -1.10. The van der Waals surface area contributed by atoms with Crippen LogP contribution in [0, 0.1) is 19.8 Å². The number of hydrogen-bond donors (Lipinski definition) is 1. The van der Waals surface area contributed by atoms with Crippen molar-refractivity contribution in [3.05, 3.63) is 87.3 Å². The fourth-order valence-electron chi connectivity index (χ4n) is 4.01. The second-order valence-corrected chi connectivity index (χ2v) is 9.76. The fraction of sp³-hybridized carbons (Fsp3) is 0.286. The minimum atomic E-state index is -0.794. The van der Waals surface area contributed by atoms with Gasteiger partial charge in [-0.05, 0) is 77.4 Å². The van der Waals surface area contributed by atoms with E-state index in [0.717, 1.165) is 5.56 Å². The SMILES string of the molecule is Cc1cc([C@@H](C)Nc2ccc(F)nc2C(=O)OC(C)(C)C)c2oc(-c3cccnc3)c(C)c(=O)c2c1. The third kappa shape index (κ3) is 5.12. The predicted molar refractivity (Wildman–Crippen MR) is 137 cm³/mol. The highest BCUT2D eigenvalue weighted by Gasteiger charge is 2.25. The number of halogens is 1. The second kappa shape index (κ2) is 9.53. The van der Waals surface area contributed by atoms with E-state index >= 15 is 0 Å². The Balaban J connectivity index is 1.82.